The van der Waals surface area contributed by atoms with E-state index in [1.54, 1.807) is 25.3 Å². The normalized spacial score (nSPS) is 23.2. The van der Waals surface area contributed by atoms with Gasteiger partial charge in [-0.05, 0) is 45.2 Å². The summed E-state index contributed by atoms with van der Waals surface area (Å²) in [6, 6.07) is 5.76. The summed E-state index contributed by atoms with van der Waals surface area (Å²) in [6.45, 7) is 4.22. The van der Waals surface area contributed by atoms with Gasteiger partial charge in [0, 0.05) is 29.4 Å². The quantitative estimate of drug-likeness (QED) is 0.834. The zero-order chi connectivity index (χ0) is 14.0. The average molecular weight is 262 g/mol. The fourth-order valence-electron chi connectivity index (χ4n) is 2.83. The highest BCUT2D eigenvalue weighted by Crippen LogP contribution is 2.26. The highest BCUT2D eigenvalue weighted by atomic mass is 16.5. The van der Waals surface area contributed by atoms with Crippen LogP contribution in [0.4, 0.5) is 5.69 Å². The molecule has 0 aliphatic carbocycles. The van der Waals surface area contributed by atoms with Crippen LogP contribution in [0, 0.1) is 0 Å². The molecule has 19 heavy (non-hydrogen) atoms. The second-order valence-corrected chi connectivity index (χ2v) is 5.34. The number of nitrogens with zero attached hydrogens (tertiary/aromatic N) is 1. The Morgan fingerprint density at radius 1 is 1.26 bits per heavy atom. The third-order valence-electron chi connectivity index (χ3n) is 3.84. The van der Waals surface area contributed by atoms with Gasteiger partial charge in [0.25, 0.3) is 5.91 Å². The number of methoxy groups -OCH3 is 1. The van der Waals surface area contributed by atoms with Crippen molar-refractivity contribution in [3.05, 3.63) is 23.8 Å². The molecule has 1 aromatic carbocycles. The van der Waals surface area contributed by atoms with E-state index in [4.69, 9.17) is 10.5 Å². The average Bonchev–Trinajstić information content (AvgIpc) is 2.37. The first-order chi connectivity index (χ1) is 9.02. The molecule has 2 N–H and O–H groups in total. The van der Waals surface area contributed by atoms with Crippen molar-refractivity contribution in [2.45, 2.75) is 45.2 Å². The van der Waals surface area contributed by atoms with Crippen molar-refractivity contribution in [2.75, 3.05) is 12.8 Å². The molecular formula is C15H22N2O2. The van der Waals surface area contributed by atoms with Gasteiger partial charge in [-0.15, -0.1) is 0 Å². The molecule has 4 heteroatoms. The van der Waals surface area contributed by atoms with Gasteiger partial charge in [0.05, 0.1) is 7.11 Å². The molecule has 1 aromatic rings. The number of carbonyl (C=O) groups is 1. The van der Waals surface area contributed by atoms with Crippen molar-refractivity contribution in [2.24, 2.45) is 0 Å². The van der Waals surface area contributed by atoms with Crippen molar-refractivity contribution in [1.82, 2.24) is 4.90 Å². The summed E-state index contributed by atoms with van der Waals surface area (Å²) in [6.07, 6.45) is 3.32. The molecule has 1 saturated heterocycles. The van der Waals surface area contributed by atoms with Crippen LogP contribution in [0.5, 0.6) is 5.75 Å². The molecular weight excluding hydrogens is 240 g/mol. The highest BCUT2D eigenvalue weighted by molar-refractivity contribution is 5.96. The molecule has 1 heterocycles. The second kappa shape index (κ2) is 5.51. The Kier molecular flexibility index (Phi) is 3.98. The molecule has 104 valence electrons. The second-order valence-electron chi connectivity index (χ2n) is 5.34. The number of nitrogens with two attached hydrogens (primary N) is 1. The maximum absolute atomic E-state index is 12.7. The zero-order valence-electron chi connectivity index (χ0n) is 11.8. The monoisotopic (exact) mass is 262 g/mol. The van der Waals surface area contributed by atoms with Crippen LogP contribution in [-0.2, 0) is 0 Å². The Labute approximate surface area is 114 Å². The van der Waals surface area contributed by atoms with Gasteiger partial charge in [-0.25, -0.2) is 0 Å². The van der Waals surface area contributed by atoms with E-state index in [9.17, 15) is 4.79 Å². The fourth-order valence-corrected chi connectivity index (χ4v) is 2.83. The standard InChI is InChI=1S/C15H22N2O2/c1-10-5-4-6-11(2)17(10)15(18)12-7-13(16)9-14(8-12)19-3/h7-11H,4-6,16H2,1-3H3/t10-,11+. The van der Waals surface area contributed by atoms with E-state index in [1.807, 2.05) is 4.90 Å². The zero-order valence-corrected chi connectivity index (χ0v) is 11.8. The van der Waals surface area contributed by atoms with Gasteiger partial charge >= 0.3 is 0 Å². The van der Waals surface area contributed by atoms with Crippen LogP contribution in [0.15, 0.2) is 18.2 Å². The number of hydrogen-bond acceptors (Lipinski definition) is 3. The van der Waals surface area contributed by atoms with Crippen LogP contribution < -0.4 is 10.5 Å². The van der Waals surface area contributed by atoms with Gasteiger partial charge in [-0.3, -0.25) is 4.79 Å². The smallest absolute Gasteiger partial charge is 0.254 e. The van der Waals surface area contributed by atoms with Gasteiger partial charge in [-0.1, -0.05) is 0 Å². The van der Waals surface area contributed by atoms with E-state index in [1.165, 1.54) is 6.42 Å². The Morgan fingerprint density at radius 2 is 1.89 bits per heavy atom. The van der Waals surface area contributed by atoms with Crippen LogP contribution in [0.25, 0.3) is 0 Å². The van der Waals surface area contributed by atoms with Crippen LogP contribution in [-0.4, -0.2) is 30.0 Å². The SMILES string of the molecule is COc1cc(N)cc(C(=O)N2[C@H](C)CCC[C@@H]2C)c1. The molecule has 1 aliphatic heterocycles. The highest BCUT2D eigenvalue weighted by Gasteiger charge is 2.29. The van der Waals surface area contributed by atoms with Crippen LogP contribution in [0.3, 0.4) is 0 Å². The lowest BCUT2D eigenvalue weighted by Gasteiger charge is -2.39. The summed E-state index contributed by atoms with van der Waals surface area (Å²) in [7, 11) is 1.58. The van der Waals surface area contributed by atoms with E-state index < -0.39 is 0 Å². The first kappa shape index (κ1) is 13.7. The number of carbonyl (C=O) groups excluding carboxylic acids is 1. The molecule has 2 atom stereocenters. The number of ether oxygens (including phenoxy) is 1. The van der Waals surface area contributed by atoms with E-state index in [-0.39, 0.29) is 18.0 Å². The molecule has 0 aromatic heterocycles. The van der Waals surface area contributed by atoms with Crippen molar-refractivity contribution in [1.29, 1.82) is 0 Å². The Balaban J connectivity index is 2.30. The summed E-state index contributed by atoms with van der Waals surface area (Å²) >= 11 is 0. The van der Waals surface area contributed by atoms with E-state index in [2.05, 4.69) is 13.8 Å². The third-order valence-corrected chi connectivity index (χ3v) is 3.84. The van der Waals surface area contributed by atoms with Crippen molar-refractivity contribution in [3.8, 4) is 5.75 Å². The van der Waals surface area contributed by atoms with E-state index >= 15 is 0 Å². The van der Waals surface area contributed by atoms with Gasteiger partial charge in [0.1, 0.15) is 5.75 Å². The lowest BCUT2D eigenvalue weighted by atomic mass is 9.96. The lowest BCUT2D eigenvalue weighted by Crippen LogP contribution is -2.47. The summed E-state index contributed by atoms with van der Waals surface area (Å²) in [5.41, 5.74) is 6.99. The Hall–Kier alpha value is -1.71. The minimum Gasteiger partial charge on any atom is -0.497 e. The van der Waals surface area contributed by atoms with Gasteiger partial charge in [0.15, 0.2) is 0 Å². The number of likely N-dealkylation sites (tertiary alicyclic amines) is 1. The number of piperidine rings is 1. The summed E-state index contributed by atoms with van der Waals surface area (Å²) in [5.74, 6) is 0.672. The summed E-state index contributed by atoms with van der Waals surface area (Å²) in [5, 5.41) is 0. The molecule has 2 rings (SSSR count). The van der Waals surface area contributed by atoms with Crippen LogP contribution in [0.2, 0.25) is 0 Å². The molecule has 1 amide bonds. The molecule has 4 nitrogen and oxygen atoms in total. The number of nitrogen functional groups attached to an aromatic ring is 1. The minimum atomic E-state index is 0.0466. The van der Waals surface area contributed by atoms with Crippen molar-refractivity contribution < 1.29 is 9.53 Å². The number of amides is 1. The third kappa shape index (κ3) is 2.83. The largest absolute Gasteiger partial charge is 0.497 e. The van der Waals surface area contributed by atoms with E-state index in [0.29, 0.717) is 17.0 Å². The Bertz CT molecular complexity index is 463. The fraction of sp³-hybridized carbons (Fsp3) is 0.533. The van der Waals surface area contributed by atoms with Gasteiger partial charge in [0.2, 0.25) is 0 Å². The minimum absolute atomic E-state index is 0.0466. The molecule has 1 aliphatic rings. The predicted octanol–water partition coefficient (Wildman–Crippen LogP) is 2.68. The number of anilines is 1. The number of benzene rings is 1. The molecule has 0 radical (unpaired) electrons. The van der Waals surface area contributed by atoms with Crippen LogP contribution in [0.1, 0.15) is 43.5 Å². The number of hydrogen-bond donors (Lipinski definition) is 1. The van der Waals surface area contributed by atoms with Crippen molar-refractivity contribution in [3.63, 3.8) is 0 Å². The first-order valence-electron chi connectivity index (χ1n) is 6.80. The predicted molar refractivity (Wildman–Crippen MR) is 76.4 cm³/mol. The maximum atomic E-state index is 12.7. The number of rotatable bonds is 2. The maximum Gasteiger partial charge on any atom is 0.254 e. The molecule has 1 fully saturated rings. The molecule has 0 bridgehead atoms. The molecule has 0 saturated carbocycles. The Morgan fingerprint density at radius 3 is 2.47 bits per heavy atom. The first-order valence-corrected chi connectivity index (χ1v) is 6.80. The van der Waals surface area contributed by atoms with Gasteiger partial charge < -0.3 is 15.4 Å². The lowest BCUT2D eigenvalue weighted by molar-refractivity contribution is 0.0510. The molecule has 0 spiro atoms. The van der Waals surface area contributed by atoms with Crippen molar-refractivity contribution >= 4 is 11.6 Å². The van der Waals surface area contributed by atoms with E-state index in [0.717, 1.165) is 12.8 Å². The molecule has 0 unspecified atom stereocenters. The summed E-state index contributed by atoms with van der Waals surface area (Å²) < 4.78 is 5.18. The van der Waals surface area contributed by atoms with Gasteiger partial charge in [-0.2, -0.15) is 0 Å². The van der Waals surface area contributed by atoms with Crippen LogP contribution >= 0.6 is 0 Å². The summed E-state index contributed by atoms with van der Waals surface area (Å²) in [4.78, 5) is 14.6. The topological polar surface area (TPSA) is 55.6 Å².